The molecule has 3 rings (SSSR count). The molecule has 1 heterocycles. The Kier molecular flexibility index (Phi) is 6.93. The first-order valence-electron chi connectivity index (χ1n) is 10.7. The van der Waals surface area contributed by atoms with E-state index in [0.29, 0.717) is 31.8 Å². The van der Waals surface area contributed by atoms with Gasteiger partial charge in [-0.3, -0.25) is 14.4 Å². The standard InChI is InChI=1S/C23H32N2O4/c1-17-8-6-7-11-20(17)24-21(27)16-29-22(28)23(19-9-4-3-5-10-19)12-14-25(15-13-23)18(2)26/h3-5,9-10,17,20H,6-8,11-16H2,1-2H3,(H,24,27)/t17-,20+/m1/s1. The van der Waals surface area contributed by atoms with Crippen LogP contribution in [0.3, 0.4) is 0 Å². The van der Waals surface area contributed by atoms with Gasteiger partial charge in [0.2, 0.25) is 5.91 Å². The molecular formula is C23H32N2O4. The fraction of sp³-hybridized carbons (Fsp3) is 0.609. The van der Waals surface area contributed by atoms with Crippen LogP contribution in [-0.4, -0.2) is 48.4 Å². The van der Waals surface area contributed by atoms with Crippen molar-refractivity contribution in [1.29, 1.82) is 0 Å². The van der Waals surface area contributed by atoms with Crippen LogP contribution in [0.25, 0.3) is 0 Å². The Hall–Kier alpha value is -2.37. The molecule has 2 amide bonds. The lowest BCUT2D eigenvalue weighted by atomic mass is 9.72. The number of likely N-dealkylation sites (tertiary alicyclic amines) is 1. The van der Waals surface area contributed by atoms with Crippen LogP contribution in [0.1, 0.15) is 57.9 Å². The quantitative estimate of drug-likeness (QED) is 0.771. The summed E-state index contributed by atoms with van der Waals surface area (Å²) >= 11 is 0. The summed E-state index contributed by atoms with van der Waals surface area (Å²) in [5.41, 5.74) is 0.0699. The Labute approximate surface area is 173 Å². The summed E-state index contributed by atoms with van der Waals surface area (Å²) in [5, 5.41) is 3.03. The first-order chi connectivity index (χ1) is 13.9. The van der Waals surface area contributed by atoms with Crippen molar-refractivity contribution < 1.29 is 19.1 Å². The lowest BCUT2D eigenvalue weighted by Crippen LogP contribution is -2.50. The molecule has 0 spiro atoms. The van der Waals surface area contributed by atoms with Crippen LogP contribution in [0.5, 0.6) is 0 Å². The zero-order chi connectivity index (χ0) is 20.9. The maximum Gasteiger partial charge on any atom is 0.317 e. The molecule has 29 heavy (non-hydrogen) atoms. The molecule has 158 valence electrons. The number of hydrogen-bond acceptors (Lipinski definition) is 4. The molecule has 0 aromatic heterocycles. The Morgan fingerprint density at radius 1 is 1.10 bits per heavy atom. The highest BCUT2D eigenvalue weighted by Gasteiger charge is 2.45. The second-order valence-corrected chi connectivity index (χ2v) is 8.47. The van der Waals surface area contributed by atoms with E-state index >= 15 is 0 Å². The molecule has 0 radical (unpaired) electrons. The molecule has 1 aliphatic carbocycles. The van der Waals surface area contributed by atoms with Crippen molar-refractivity contribution in [2.75, 3.05) is 19.7 Å². The highest BCUT2D eigenvalue weighted by atomic mass is 16.5. The van der Waals surface area contributed by atoms with Crippen LogP contribution in [0.4, 0.5) is 0 Å². The zero-order valence-corrected chi connectivity index (χ0v) is 17.5. The Bertz CT molecular complexity index is 726. The summed E-state index contributed by atoms with van der Waals surface area (Å²) in [5.74, 6) is -0.142. The number of carbonyl (C=O) groups is 3. The molecule has 0 bridgehead atoms. The molecule has 0 unspecified atom stereocenters. The van der Waals surface area contributed by atoms with Crippen LogP contribution >= 0.6 is 0 Å². The number of nitrogens with zero attached hydrogens (tertiary/aromatic N) is 1. The maximum atomic E-state index is 13.2. The van der Waals surface area contributed by atoms with E-state index in [1.165, 1.54) is 6.42 Å². The first kappa shape index (κ1) is 21.3. The topological polar surface area (TPSA) is 75.7 Å². The summed E-state index contributed by atoms with van der Waals surface area (Å²) < 4.78 is 5.52. The van der Waals surface area contributed by atoms with E-state index in [-0.39, 0.29) is 30.4 Å². The van der Waals surface area contributed by atoms with Gasteiger partial charge in [0.05, 0.1) is 5.41 Å². The summed E-state index contributed by atoms with van der Waals surface area (Å²) in [6.07, 6.45) is 5.43. The number of rotatable bonds is 5. The molecule has 6 heteroatoms. The van der Waals surface area contributed by atoms with Crippen molar-refractivity contribution >= 4 is 17.8 Å². The molecule has 1 aromatic carbocycles. The highest BCUT2D eigenvalue weighted by Crippen LogP contribution is 2.37. The van der Waals surface area contributed by atoms with E-state index in [0.717, 1.165) is 24.8 Å². The van der Waals surface area contributed by atoms with Gasteiger partial charge < -0.3 is 15.0 Å². The fourth-order valence-corrected chi connectivity index (χ4v) is 4.62. The third-order valence-corrected chi connectivity index (χ3v) is 6.57. The SMILES string of the molecule is CC(=O)N1CCC(C(=O)OCC(=O)N[C@H]2CCCC[C@H]2C)(c2ccccc2)CC1. The number of carbonyl (C=O) groups excluding carboxylic acids is 3. The van der Waals surface area contributed by atoms with Crippen molar-refractivity contribution in [3.05, 3.63) is 35.9 Å². The molecule has 2 aliphatic rings. The molecule has 1 aliphatic heterocycles. The van der Waals surface area contributed by atoms with Gasteiger partial charge in [-0.2, -0.15) is 0 Å². The van der Waals surface area contributed by atoms with Gasteiger partial charge in [0, 0.05) is 26.1 Å². The van der Waals surface area contributed by atoms with Gasteiger partial charge >= 0.3 is 5.97 Å². The van der Waals surface area contributed by atoms with Gasteiger partial charge in [0.25, 0.3) is 5.91 Å². The van der Waals surface area contributed by atoms with Crippen LogP contribution in [0.15, 0.2) is 30.3 Å². The average Bonchev–Trinajstić information content (AvgIpc) is 2.74. The number of benzene rings is 1. The van der Waals surface area contributed by atoms with Crippen molar-refractivity contribution in [2.45, 2.75) is 63.8 Å². The second-order valence-electron chi connectivity index (χ2n) is 8.47. The number of nitrogens with one attached hydrogen (secondary N) is 1. The third-order valence-electron chi connectivity index (χ3n) is 6.57. The predicted octanol–water partition coefficient (Wildman–Crippen LogP) is 2.80. The average molecular weight is 401 g/mol. The van der Waals surface area contributed by atoms with Crippen LogP contribution < -0.4 is 5.32 Å². The van der Waals surface area contributed by atoms with E-state index in [1.54, 1.807) is 11.8 Å². The van der Waals surface area contributed by atoms with Gasteiger partial charge in [-0.25, -0.2) is 0 Å². The van der Waals surface area contributed by atoms with E-state index in [1.807, 2.05) is 30.3 Å². The van der Waals surface area contributed by atoms with E-state index in [2.05, 4.69) is 12.2 Å². The van der Waals surface area contributed by atoms with Crippen LogP contribution in [-0.2, 0) is 24.5 Å². The largest absolute Gasteiger partial charge is 0.455 e. The van der Waals surface area contributed by atoms with E-state index in [4.69, 9.17) is 4.74 Å². The minimum atomic E-state index is -0.814. The number of esters is 1. The normalized spacial score (nSPS) is 23.9. The van der Waals surface area contributed by atoms with Gasteiger partial charge in [-0.1, -0.05) is 50.1 Å². The van der Waals surface area contributed by atoms with Crippen molar-refractivity contribution in [3.8, 4) is 0 Å². The van der Waals surface area contributed by atoms with Gasteiger partial charge in [0.15, 0.2) is 6.61 Å². The van der Waals surface area contributed by atoms with Crippen molar-refractivity contribution in [1.82, 2.24) is 10.2 Å². The van der Waals surface area contributed by atoms with Gasteiger partial charge in [-0.15, -0.1) is 0 Å². The molecule has 6 nitrogen and oxygen atoms in total. The van der Waals surface area contributed by atoms with Crippen LogP contribution in [0, 0.1) is 5.92 Å². The number of hydrogen-bond donors (Lipinski definition) is 1. The Morgan fingerprint density at radius 2 is 1.76 bits per heavy atom. The van der Waals surface area contributed by atoms with Crippen LogP contribution in [0.2, 0.25) is 0 Å². The second kappa shape index (κ2) is 9.42. The molecular weight excluding hydrogens is 368 g/mol. The predicted molar refractivity (Wildman–Crippen MR) is 110 cm³/mol. The monoisotopic (exact) mass is 400 g/mol. The number of ether oxygens (including phenoxy) is 1. The summed E-state index contributed by atoms with van der Waals surface area (Å²) in [7, 11) is 0. The van der Waals surface area contributed by atoms with Crippen molar-refractivity contribution in [3.63, 3.8) is 0 Å². The Balaban J connectivity index is 1.64. The molecule has 1 N–H and O–H groups in total. The lowest BCUT2D eigenvalue weighted by molar-refractivity contribution is -0.157. The zero-order valence-electron chi connectivity index (χ0n) is 17.5. The molecule has 1 aromatic rings. The molecule has 2 fully saturated rings. The highest BCUT2D eigenvalue weighted by molar-refractivity contribution is 5.87. The summed E-state index contributed by atoms with van der Waals surface area (Å²) in [4.78, 5) is 39.0. The first-order valence-corrected chi connectivity index (χ1v) is 10.7. The third kappa shape index (κ3) is 4.98. The summed E-state index contributed by atoms with van der Waals surface area (Å²) in [6, 6.07) is 9.73. The number of amides is 2. The van der Waals surface area contributed by atoms with E-state index in [9.17, 15) is 14.4 Å². The number of piperidine rings is 1. The van der Waals surface area contributed by atoms with E-state index < -0.39 is 5.41 Å². The van der Waals surface area contributed by atoms with Gasteiger partial charge in [-0.05, 0) is 37.2 Å². The molecule has 2 atom stereocenters. The van der Waals surface area contributed by atoms with Crippen molar-refractivity contribution in [2.24, 2.45) is 5.92 Å². The molecule has 1 saturated heterocycles. The smallest absolute Gasteiger partial charge is 0.317 e. The Morgan fingerprint density at radius 3 is 2.38 bits per heavy atom. The lowest BCUT2D eigenvalue weighted by Gasteiger charge is -2.40. The molecule has 1 saturated carbocycles. The minimum absolute atomic E-state index is 0.0148. The summed E-state index contributed by atoms with van der Waals surface area (Å²) in [6.45, 7) is 4.46. The minimum Gasteiger partial charge on any atom is -0.455 e. The fourth-order valence-electron chi connectivity index (χ4n) is 4.62. The van der Waals surface area contributed by atoms with Gasteiger partial charge in [0.1, 0.15) is 0 Å². The maximum absolute atomic E-state index is 13.2.